The summed E-state index contributed by atoms with van der Waals surface area (Å²) in [6, 6.07) is 12.0. The molecule has 23 heavy (non-hydrogen) atoms. The van der Waals surface area contributed by atoms with E-state index in [0.29, 0.717) is 16.3 Å². The maximum Gasteiger partial charge on any atom is 0.338 e. The molecular weight excluding hydrogens is 314 g/mol. The van der Waals surface area contributed by atoms with Crippen molar-refractivity contribution in [3.8, 4) is 0 Å². The smallest absolute Gasteiger partial charge is 0.338 e. The van der Waals surface area contributed by atoms with E-state index in [4.69, 9.17) is 16.3 Å². The van der Waals surface area contributed by atoms with Crippen LogP contribution in [0, 0.1) is 13.8 Å². The quantitative estimate of drug-likeness (QED) is 0.857. The van der Waals surface area contributed by atoms with E-state index in [0.717, 1.165) is 11.1 Å². The monoisotopic (exact) mass is 331 g/mol. The second kappa shape index (κ2) is 7.29. The highest BCUT2D eigenvalue weighted by molar-refractivity contribution is 6.30. The molecule has 2 aromatic rings. The summed E-state index contributed by atoms with van der Waals surface area (Å²) in [6.45, 7) is 5.42. The van der Waals surface area contributed by atoms with Gasteiger partial charge in [0.1, 0.15) is 0 Å². The Balaban J connectivity index is 2.02. The third-order valence-electron chi connectivity index (χ3n) is 3.58. The van der Waals surface area contributed by atoms with Crippen molar-refractivity contribution in [3.63, 3.8) is 0 Å². The Kier molecular flexibility index (Phi) is 5.40. The zero-order valence-electron chi connectivity index (χ0n) is 13.2. The number of amides is 1. The van der Waals surface area contributed by atoms with Crippen molar-refractivity contribution in [2.24, 2.45) is 0 Å². The van der Waals surface area contributed by atoms with E-state index in [1.54, 1.807) is 18.2 Å². The lowest BCUT2D eigenvalue weighted by Gasteiger charge is -2.15. The number of halogens is 1. The molecule has 1 amide bonds. The van der Waals surface area contributed by atoms with E-state index in [1.165, 1.54) is 13.0 Å². The average Bonchev–Trinajstić information content (AvgIpc) is 2.51. The van der Waals surface area contributed by atoms with Crippen LogP contribution in [-0.2, 0) is 9.53 Å². The van der Waals surface area contributed by atoms with Crippen LogP contribution >= 0.6 is 11.6 Å². The van der Waals surface area contributed by atoms with Crippen molar-refractivity contribution in [3.05, 3.63) is 64.2 Å². The second-order valence-electron chi connectivity index (χ2n) is 5.29. The van der Waals surface area contributed by atoms with E-state index in [2.05, 4.69) is 5.32 Å². The molecule has 0 heterocycles. The minimum atomic E-state index is -0.915. The number of esters is 1. The Morgan fingerprint density at radius 3 is 2.52 bits per heavy atom. The molecule has 1 unspecified atom stereocenters. The first-order chi connectivity index (χ1) is 10.9. The summed E-state index contributed by atoms with van der Waals surface area (Å²) >= 11 is 5.84. The summed E-state index contributed by atoms with van der Waals surface area (Å²) in [6.07, 6.45) is -0.915. The van der Waals surface area contributed by atoms with E-state index in [-0.39, 0.29) is 5.91 Å². The van der Waals surface area contributed by atoms with Crippen molar-refractivity contribution in [1.29, 1.82) is 0 Å². The Morgan fingerprint density at radius 1 is 1.13 bits per heavy atom. The maximum atomic E-state index is 12.2. The number of hydrogen-bond donors (Lipinski definition) is 1. The van der Waals surface area contributed by atoms with Gasteiger partial charge in [0.25, 0.3) is 5.91 Å². The summed E-state index contributed by atoms with van der Waals surface area (Å²) in [7, 11) is 0. The second-order valence-corrected chi connectivity index (χ2v) is 5.73. The van der Waals surface area contributed by atoms with Crippen molar-refractivity contribution >= 4 is 29.2 Å². The van der Waals surface area contributed by atoms with E-state index >= 15 is 0 Å². The molecule has 0 aromatic heterocycles. The lowest BCUT2D eigenvalue weighted by atomic mass is 10.1. The fourth-order valence-corrected chi connectivity index (χ4v) is 2.21. The molecule has 1 atom stereocenters. The Bertz CT molecular complexity index is 743. The van der Waals surface area contributed by atoms with Gasteiger partial charge in [-0.25, -0.2) is 4.79 Å². The van der Waals surface area contributed by atoms with Gasteiger partial charge < -0.3 is 10.1 Å². The number of aryl methyl sites for hydroxylation is 1. The molecule has 5 heteroatoms. The van der Waals surface area contributed by atoms with Crippen molar-refractivity contribution in [1.82, 2.24) is 0 Å². The molecule has 0 bridgehead atoms. The highest BCUT2D eigenvalue weighted by atomic mass is 35.5. The molecule has 0 aliphatic heterocycles. The van der Waals surface area contributed by atoms with Crippen LogP contribution in [0.4, 0.5) is 5.69 Å². The molecule has 0 saturated carbocycles. The first-order valence-corrected chi connectivity index (χ1v) is 7.60. The number of ether oxygens (including phenoxy) is 1. The van der Waals surface area contributed by atoms with Gasteiger partial charge in [-0.2, -0.15) is 0 Å². The number of carbonyl (C=O) groups excluding carboxylic acids is 2. The van der Waals surface area contributed by atoms with Crippen LogP contribution in [0.1, 0.15) is 28.4 Å². The van der Waals surface area contributed by atoms with Crippen LogP contribution in [0.5, 0.6) is 0 Å². The molecule has 2 rings (SSSR count). The standard InChI is InChI=1S/C18H18ClNO3/c1-11-6-4-9-16(12(11)2)20-17(21)13(3)23-18(22)14-7-5-8-15(19)10-14/h4-10,13H,1-3H3,(H,20,21). The van der Waals surface area contributed by atoms with E-state index in [9.17, 15) is 9.59 Å². The van der Waals surface area contributed by atoms with Crippen LogP contribution in [0.2, 0.25) is 5.02 Å². The Hall–Kier alpha value is -2.33. The van der Waals surface area contributed by atoms with Crippen molar-refractivity contribution in [2.45, 2.75) is 26.9 Å². The van der Waals surface area contributed by atoms with Gasteiger partial charge in [0.15, 0.2) is 6.10 Å². The number of hydrogen-bond acceptors (Lipinski definition) is 3. The summed E-state index contributed by atoms with van der Waals surface area (Å²) in [4.78, 5) is 24.2. The van der Waals surface area contributed by atoms with Crippen LogP contribution in [0.15, 0.2) is 42.5 Å². The molecule has 0 aliphatic carbocycles. The van der Waals surface area contributed by atoms with Crippen molar-refractivity contribution < 1.29 is 14.3 Å². The third kappa shape index (κ3) is 4.33. The number of carbonyl (C=O) groups is 2. The number of benzene rings is 2. The minimum Gasteiger partial charge on any atom is -0.449 e. The van der Waals surface area contributed by atoms with E-state index in [1.807, 2.05) is 32.0 Å². The molecule has 0 aliphatic rings. The van der Waals surface area contributed by atoms with Crippen LogP contribution < -0.4 is 5.32 Å². The molecular formula is C18H18ClNO3. The average molecular weight is 332 g/mol. The summed E-state index contributed by atoms with van der Waals surface area (Å²) in [5.41, 5.74) is 3.07. The van der Waals surface area contributed by atoms with Gasteiger partial charge in [-0.15, -0.1) is 0 Å². The van der Waals surface area contributed by atoms with Gasteiger partial charge in [-0.1, -0.05) is 29.8 Å². The van der Waals surface area contributed by atoms with Gasteiger partial charge in [-0.05, 0) is 56.2 Å². The van der Waals surface area contributed by atoms with Crippen LogP contribution in [0.25, 0.3) is 0 Å². The summed E-state index contributed by atoms with van der Waals surface area (Å²) in [5, 5.41) is 3.21. The largest absolute Gasteiger partial charge is 0.449 e. The summed E-state index contributed by atoms with van der Waals surface area (Å²) in [5.74, 6) is -0.967. The molecule has 0 spiro atoms. The highest BCUT2D eigenvalue weighted by Gasteiger charge is 2.19. The van der Waals surface area contributed by atoms with E-state index < -0.39 is 12.1 Å². The first kappa shape index (κ1) is 17.0. The molecule has 0 radical (unpaired) electrons. The lowest BCUT2D eigenvalue weighted by molar-refractivity contribution is -0.123. The summed E-state index contributed by atoms with van der Waals surface area (Å²) < 4.78 is 5.19. The molecule has 4 nitrogen and oxygen atoms in total. The third-order valence-corrected chi connectivity index (χ3v) is 3.81. The van der Waals surface area contributed by atoms with Gasteiger partial charge in [-0.3, -0.25) is 4.79 Å². The zero-order valence-corrected chi connectivity index (χ0v) is 14.0. The molecule has 0 saturated heterocycles. The first-order valence-electron chi connectivity index (χ1n) is 7.22. The lowest BCUT2D eigenvalue weighted by Crippen LogP contribution is -2.30. The SMILES string of the molecule is Cc1cccc(NC(=O)C(C)OC(=O)c2cccc(Cl)c2)c1C. The minimum absolute atomic E-state index is 0.309. The number of nitrogens with one attached hydrogen (secondary N) is 1. The molecule has 2 aromatic carbocycles. The highest BCUT2D eigenvalue weighted by Crippen LogP contribution is 2.18. The number of rotatable bonds is 4. The maximum absolute atomic E-state index is 12.2. The Morgan fingerprint density at radius 2 is 1.83 bits per heavy atom. The molecule has 120 valence electrons. The number of anilines is 1. The molecule has 0 fully saturated rings. The van der Waals surface area contributed by atoms with Gasteiger partial charge in [0.2, 0.25) is 0 Å². The van der Waals surface area contributed by atoms with Gasteiger partial charge in [0, 0.05) is 10.7 Å². The Labute approximate surface area is 140 Å². The fraction of sp³-hybridized carbons (Fsp3) is 0.222. The normalized spacial score (nSPS) is 11.7. The zero-order chi connectivity index (χ0) is 17.0. The molecule has 1 N–H and O–H groups in total. The van der Waals surface area contributed by atoms with Crippen LogP contribution in [-0.4, -0.2) is 18.0 Å². The van der Waals surface area contributed by atoms with Crippen LogP contribution in [0.3, 0.4) is 0 Å². The van der Waals surface area contributed by atoms with Gasteiger partial charge in [0.05, 0.1) is 5.56 Å². The predicted octanol–water partition coefficient (Wildman–Crippen LogP) is 4.14. The predicted molar refractivity (Wildman–Crippen MR) is 90.9 cm³/mol. The fourth-order valence-electron chi connectivity index (χ4n) is 2.02. The topological polar surface area (TPSA) is 55.4 Å². The van der Waals surface area contributed by atoms with Gasteiger partial charge >= 0.3 is 5.97 Å². The van der Waals surface area contributed by atoms with Crippen molar-refractivity contribution in [2.75, 3.05) is 5.32 Å².